The van der Waals surface area contributed by atoms with E-state index in [9.17, 15) is 9.59 Å². The predicted octanol–water partition coefficient (Wildman–Crippen LogP) is 3.87. The summed E-state index contributed by atoms with van der Waals surface area (Å²) in [7, 11) is 2.94. The summed E-state index contributed by atoms with van der Waals surface area (Å²) in [4.78, 5) is 28.6. The number of halogens is 1. The van der Waals surface area contributed by atoms with Gasteiger partial charge in [-0.05, 0) is 36.4 Å². The largest absolute Gasteiger partial charge is 0.493 e. The molecule has 0 aliphatic carbocycles. The second-order valence-electron chi connectivity index (χ2n) is 5.87. The van der Waals surface area contributed by atoms with Crippen molar-refractivity contribution in [1.82, 2.24) is 9.55 Å². The molecular formula is C21H17ClN2O5. The lowest BCUT2D eigenvalue weighted by molar-refractivity contribution is -0.131. The van der Waals surface area contributed by atoms with Crippen LogP contribution in [0.4, 0.5) is 0 Å². The number of nitrogens with zero attached hydrogens (tertiary/aromatic N) is 2. The van der Waals surface area contributed by atoms with Gasteiger partial charge in [0.1, 0.15) is 5.82 Å². The third-order valence-electron chi connectivity index (χ3n) is 4.13. The highest BCUT2D eigenvalue weighted by Crippen LogP contribution is 2.33. The molecule has 7 nitrogen and oxygen atoms in total. The fraction of sp³-hybridized carbons (Fsp3) is 0.0952. The van der Waals surface area contributed by atoms with E-state index in [0.717, 1.165) is 6.08 Å². The van der Waals surface area contributed by atoms with Crippen LogP contribution in [-0.4, -0.2) is 40.6 Å². The maximum absolute atomic E-state index is 13.4. The Balaban J connectivity index is 2.16. The molecule has 0 atom stereocenters. The Morgan fingerprint density at radius 3 is 2.62 bits per heavy atom. The van der Waals surface area contributed by atoms with Crippen molar-refractivity contribution in [2.45, 2.75) is 0 Å². The number of aliphatic carboxylic acids is 1. The van der Waals surface area contributed by atoms with Gasteiger partial charge in [0.25, 0.3) is 0 Å². The molecule has 0 aliphatic heterocycles. The summed E-state index contributed by atoms with van der Waals surface area (Å²) >= 11 is 6.11. The normalized spacial score (nSPS) is 10.9. The highest BCUT2D eigenvalue weighted by Gasteiger charge is 2.23. The summed E-state index contributed by atoms with van der Waals surface area (Å²) in [6.07, 6.45) is 5.52. The number of ether oxygens (including phenoxy) is 2. The average molecular weight is 413 g/mol. The van der Waals surface area contributed by atoms with E-state index >= 15 is 0 Å². The third kappa shape index (κ3) is 4.14. The van der Waals surface area contributed by atoms with Gasteiger partial charge in [-0.25, -0.2) is 9.78 Å². The molecule has 0 amide bonds. The highest BCUT2D eigenvalue weighted by atomic mass is 35.5. The van der Waals surface area contributed by atoms with Crippen LogP contribution in [0.5, 0.6) is 11.5 Å². The van der Waals surface area contributed by atoms with E-state index in [2.05, 4.69) is 4.98 Å². The molecule has 0 saturated carbocycles. The van der Waals surface area contributed by atoms with Gasteiger partial charge in [0.15, 0.2) is 11.5 Å². The Morgan fingerprint density at radius 1 is 1.14 bits per heavy atom. The Morgan fingerprint density at radius 2 is 1.93 bits per heavy atom. The van der Waals surface area contributed by atoms with Crippen molar-refractivity contribution < 1.29 is 24.2 Å². The number of carboxylic acid groups (broad SMARTS) is 1. The number of hydrogen-bond acceptors (Lipinski definition) is 5. The predicted molar refractivity (Wildman–Crippen MR) is 108 cm³/mol. The zero-order chi connectivity index (χ0) is 21.0. The van der Waals surface area contributed by atoms with E-state index in [4.69, 9.17) is 26.2 Å². The Kier molecular flexibility index (Phi) is 5.99. The molecule has 0 saturated heterocycles. The van der Waals surface area contributed by atoms with Crippen molar-refractivity contribution in [2.75, 3.05) is 14.2 Å². The molecule has 1 N–H and O–H groups in total. The smallest absolute Gasteiger partial charge is 0.328 e. The van der Waals surface area contributed by atoms with E-state index in [-0.39, 0.29) is 21.9 Å². The lowest BCUT2D eigenvalue weighted by Gasteiger charge is -2.14. The molecule has 3 aromatic rings. The zero-order valence-electron chi connectivity index (χ0n) is 15.6. The first-order valence-electron chi connectivity index (χ1n) is 8.46. The van der Waals surface area contributed by atoms with Gasteiger partial charge in [0.05, 0.1) is 30.4 Å². The van der Waals surface area contributed by atoms with Crippen molar-refractivity contribution in [3.8, 4) is 17.3 Å². The molecule has 29 heavy (non-hydrogen) atoms. The molecule has 3 rings (SSSR count). The number of carboxylic acids is 1. The first kappa shape index (κ1) is 20.2. The molecule has 1 aromatic carbocycles. The molecule has 148 valence electrons. The van der Waals surface area contributed by atoms with Gasteiger partial charge in [-0.1, -0.05) is 17.7 Å². The van der Waals surface area contributed by atoms with E-state index < -0.39 is 5.97 Å². The summed E-state index contributed by atoms with van der Waals surface area (Å²) in [5.41, 5.74) is 1.05. The van der Waals surface area contributed by atoms with Crippen LogP contribution in [-0.2, 0) is 4.79 Å². The summed E-state index contributed by atoms with van der Waals surface area (Å²) in [5.74, 6) is -0.434. The maximum atomic E-state index is 13.4. The lowest BCUT2D eigenvalue weighted by Crippen LogP contribution is -2.11. The molecule has 8 heteroatoms. The van der Waals surface area contributed by atoms with E-state index in [1.807, 2.05) is 0 Å². The van der Waals surface area contributed by atoms with Crippen LogP contribution in [0, 0.1) is 0 Å². The van der Waals surface area contributed by atoms with Crippen molar-refractivity contribution in [2.24, 2.45) is 0 Å². The third-order valence-corrected chi connectivity index (χ3v) is 4.34. The van der Waals surface area contributed by atoms with Crippen LogP contribution in [0.2, 0.25) is 5.02 Å². The van der Waals surface area contributed by atoms with Gasteiger partial charge in [-0.2, -0.15) is 0 Å². The summed E-state index contributed by atoms with van der Waals surface area (Å²) in [6, 6.07) is 9.93. The highest BCUT2D eigenvalue weighted by molar-refractivity contribution is 6.31. The molecule has 0 spiro atoms. The number of benzene rings is 1. The minimum atomic E-state index is -1.08. The SMILES string of the molecule is COc1cccc(C(=O)c2cc(Cl)cnc2-n2cccc2C=CC(=O)O)c1OC. The Labute approximate surface area is 171 Å². The Hall–Kier alpha value is -3.58. The minimum Gasteiger partial charge on any atom is -0.493 e. The fourth-order valence-electron chi connectivity index (χ4n) is 2.88. The van der Waals surface area contributed by atoms with Gasteiger partial charge in [-0.3, -0.25) is 4.79 Å². The molecular weight excluding hydrogens is 396 g/mol. The minimum absolute atomic E-state index is 0.227. The first-order chi connectivity index (χ1) is 14.0. The second-order valence-corrected chi connectivity index (χ2v) is 6.31. The van der Waals surface area contributed by atoms with Crippen LogP contribution >= 0.6 is 11.6 Å². The van der Waals surface area contributed by atoms with Gasteiger partial charge < -0.3 is 19.1 Å². The van der Waals surface area contributed by atoms with Gasteiger partial charge in [-0.15, -0.1) is 0 Å². The van der Waals surface area contributed by atoms with Crippen molar-refractivity contribution in [3.63, 3.8) is 0 Å². The quantitative estimate of drug-likeness (QED) is 0.468. The molecule has 0 bridgehead atoms. The number of methoxy groups -OCH3 is 2. The molecule has 0 radical (unpaired) electrons. The number of carbonyl (C=O) groups is 2. The average Bonchev–Trinajstić information content (AvgIpc) is 3.19. The topological polar surface area (TPSA) is 90.7 Å². The van der Waals surface area contributed by atoms with Crippen molar-refractivity contribution in [3.05, 3.63) is 76.7 Å². The lowest BCUT2D eigenvalue weighted by atomic mass is 10.0. The molecule has 0 aliphatic rings. The van der Waals surface area contributed by atoms with E-state index in [0.29, 0.717) is 23.0 Å². The molecule has 2 aromatic heterocycles. The number of hydrogen-bond donors (Lipinski definition) is 1. The van der Waals surface area contributed by atoms with Crippen molar-refractivity contribution >= 4 is 29.4 Å². The number of carbonyl (C=O) groups excluding carboxylic acids is 1. The number of para-hydroxylation sites is 1. The number of ketones is 1. The molecule has 0 unspecified atom stereocenters. The van der Waals surface area contributed by atoms with Crippen LogP contribution < -0.4 is 9.47 Å². The Bertz CT molecular complexity index is 1100. The first-order valence-corrected chi connectivity index (χ1v) is 8.84. The van der Waals surface area contributed by atoms with Crippen LogP contribution in [0.25, 0.3) is 11.9 Å². The summed E-state index contributed by atoms with van der Waals surface area (Å²) in [5, 5.41) is 9.19. The standard InChI is InChI=1S/C21H17ClN2O5/c1-28-17-7-3-6-15(20(17)29-2)19(27)16-11-13(22)12-23-21(16)24-10-4-5-14(24)8-9-18(25)26/h3-12H,1-2H3,(H,25,26). The number of aromatic nitrogens is 2. The fourth-order valence-corrected chi connectivity index (χ4v) is 3.04. The second kappa shape index (κ2) is 8.62. The van der Waals surface area contributed by atoms with Crippen LogP contribution in [0.15, 0.2) is 54.9 Å². The zero-order valence-corrected chi connectivity index (χ0v) is 16.4. The molecule has 2 heterocycles. The monoisotopic (exact) mass is 412 g/mol. The maximum Gasteiger partial charge on any atom is 0.328 e. The van der Waals surface area contributed by atoms with E-state index in [1.165, 1.54) is 32.6 Å². The summed E-state index contributed by atoms with van der Waals surface area (Å²) < 4.78 is 12.3. The van der Waals surface area contributed by atoms with E-state index in [1.54, 1.807) is 41.1 Å². The summed E-state index contributed by atoms with van der Waals surface area (Å²) in [6.45, 7) is 0. The van der Waals surface area contributed by atoms with Gasteiger partial charge in [0.2, 0.25) is 5.78 Å². The number of pyridine rings is 1. The van der Waals surface area contributed by atoms with Crippen molar-refractivity contribution in [1.29, 1.82) is 0 Å². The number of rotatable bonds is 7. The van der Waals surface area contributed by atoms with Crippen LogP contribution in [0.1, 0.15) is 21.6 Å². The van der Waals surface area contributed by atoms with Gasteiger partial charge >= 0.3 is 5.97 Å². The van der Waals surface area contributed by atoms with Gasteiger partial charge in [0, 0.05) is 24.2 Å². The molecule has 0 fully saturated rings. The van der Waals surface area contributed by atoms with Crippen LogP contribution in [0.3, 0.4) is 0 Å².